The van der Waals surface area contributed by atoms with Crippen LogP contribution >= 0.6 is 0 Å². The zero-order valence-corrected chi connectivity index (χ0v) is 6.90. The summed E-state index contributed by atoms with van der Waals surface area (Å²) >= 11 is 5.16. The molecule has 3 heteroatoms. The molecule has 1 N–H and O–H groups in total. The minimum Gasteiger partial charge on any atom is -0.338 e. The van der Waals surface area contributed by atoms with Crippen LogP contribution in [0.15, 0.2) is 18.3 Å². The minimum absolute atomic E-state index is 0.883. The fourth-order valence-electron chi connectivity index (χ4n) is 1.12. The molecule has 2 nitrogen and oxygen atoms in total. The van der Waals surface area contributed by atoms with E-state index in [-0.39, 0.29) is 0 Å². The Kier molecular flexibility index (Phi) is 1.36. The Morgan fingerprint density at radius 3 is 3.09 bits per heavy atom. The molecule has 0 aliphatic carbocycles. The molecule has 0 aliphatic rings. The van der Waals surface area contributed by atoms with E-state index in [0.717, 1.165) is 21.7 Å². The average molecular weight is 168 g/mol. The van der Waals surface area contributed by atoms with E-state index < -0.39 is 0 Å². The van der Waals surface area contributed by atoms with E-state index in [9.17, 15) is 0 Å². The Morgan fingerprint density at radius 1 is 1.55 bits per heavy atom. The number of nitrogens with zero attached hydrogens (tertiary/aromatic N) is 1. The zero-order valence-electron chi connectivity index (χ0n) is 6.09. The van der Waals surface area contributed by atoms with E-state index in [1.807, 2.05) is 19.1 Å². The number of H-pyrrole nitrogens is 1. The second-order valence-corrected chi connectivity index (χ2v) is 2.89. The van der Waals surface area contributed by atoms with Gasteiger partial charge in [-0.1, -0.05) is 0 Å². The Balaban J connectivity index is 2.92. The van der Waals surface area contributed by atoms with Gasteiger partial charge in [0.25, 0.3) is 5.02 Å². The SMILES string of the molecule is Cc1[nH]c2ncccc2c1[ClH+]. The second-order valence-electron chi connectivity index (χ2n) is 2.48. The summed E-state index contributed by atoms with van der Waals surface area (Å²) in [6, 6.07) is 3.87. The van der Waals surface area contributed by atoms with Crippen molar-refractivity contribution in [2.24, 2.45) is 0 Å². The van der Waals surface area contributed by atoms with Crippen molar-refractivity contribution >= 4 is 11.0 Å². The van der Waals surface area contributed by atoms with Crippen molar-refractivity contribution < 1.29 is 11.6 Å². The first-order chi connectivity index (χ1) is 5.29. The topological polar surface area (TPSA) is 28.7 Å². The first kappa shape index (κ1) is 6.68. The smallest absolute Gasteiger partial charge is 0.255 e. The third kappa shape index (κ3) is 0.906. The van der Waals surface area contributed by atoms with Gasteiger partial charge in [0.2, 0.25) is 0 Å². The molecule has 0 aliphatic heterocycles. The molecular formula is C8H8ClN2+. The normalized spacial score (nSPS) is 10.7. The van der Waals surface area contributed by atoms with Crippen LogP contribution in [-0.4, -0.2) is 9.97 Å². The highest BCUT2D eigenvalue weighted by molar-refractivity contribution is 5.79. The Morgan fingerprint density at radius 2 is 2.36 bits per heavy atom. The summed E-state index contributed by atoms with van der Waals surface area (Å²) in [6.45, 7) is 1.96. The summed E-state index contributed by atoms with van der Waals surface area (Å²) in [5, 5.41) is 1.92. The van der Waals surface area contributed by atoms with Gasteiger partial charge in [-0.2, -0.15) is 0 Å². The van der Waals surface area contributed by atoms with Crippen molar-refractivity contribution in [2.75, 3.05) is 0 Å². The fourth-order valence-corrected chi connectivity index (χ4v) is 1.34. The Labute approximate surface area is 69.2 Å². The number of aryl methyl sites for hydroxylation is 1. The molecule has 2 heterocycles. The van der Waals surface area contributed by atoms with Crippen molar-refractivity contribution in [1.82, 2.24) is 9.97 Å². The summed E-state index contributed by atoms with van der Waals surface area (Å²) in [6.07, 6.45) is 1.76. The van der Waals surface area contributed by atoms with Gasteiger partial charge in [-0.25, -0.2) is 4.98 Å². The predicted octanol–water partition coefficient (Wildman–Crippen LogP) is 1.57. The van der Waals surface area contributed by atoms with Crippen LogP contribution in [0.3, 0.4) is 0 Å². The molecule has 0 saturated heterocycles. The van der Waals surface area contributed by atoms with Gasteiger partial charge in [0.1, 0.15) is 5.65 Å². The molecule has 11 heavy (non-hydrogen) atoms. The molecule has 0 bridgehead atoms. The highest BCUT2D eigenvalue weighted by atomic mass is 35.5. The van der Waals surface area contributed by atoms with Gasteiger partial charge < -0.3 is 4.98 Å². The third-order valence-electron chi connectivity index (χ3n) is 1.70. The fraction of sp³-hybridized carbons (Fsp3) is 0.125. The van der Waals surface area contributed by atoms with Crippen LogP contribution in [0.1, 0.15) is 5.69 Å². The van der Waals surface area contributed by atoms with Crippen LogP contribution in [0, 0.1) is 18.5 Å². The summed E-state index contributed by atoms with van der Waals surface area (Å²) in [4.78, 5) is 7.25. The minimum atomic E-state index is 0.883. The molecule has 0 aromatic carbocycles. The molecule has 0 fully saturated rings. The highest BCUT2D eigenvalue weighted by Gasteiger charge is 2.11. The summed E-state index contributed by atoms with van der Waals surface area (Å²) in [5.41, 5.74) is 1.91. The van der Waals surface area contributed by atoms with Gasteiger partial charge in [-0.05, 0) is 19.1 Å². The standard InChI is InChI=1S/C8H8ClN2/c1-5-7(9)6-3-2-4-10-8(6)11-5/h2-4,9H,1H3,(H,10,11)/q+1. The van der Waals surface area contributed by atoms with Gasteiger partial charge in [-0.15, -0.1) is 0 Å². The number of rotatable bonds is 0. The number of hydrogen-bond donors (Lipinski definition) is 1. The number of nitrogens with one attached hydrogen (secondary N) is 1. The lowest BCUT2D eigenvalue weighted by Crippen LogP contribution is -1.72. The summed E-state index contributed by atoms with van der Waals surface area (Å²) in [5.74, 6) is 0. The lowest BCUT2D eigenvalue weighted by atomic mass is 10.3. The molecular weight excluding hydrogens is 160 g/mol. The molecule has 0 radical (unpaired) electrons. The number of fused-ring (bicyclic) bond motifs is 1. The molecule has 0 saturated carbocycles. The summed E-state index contributed by atoms with van der Waals surface area (Å²) < 4.78 is 0. The Hall–Kier alpha value is -1.02. The van der Waals surface area contributed by atoms with Gasteiger partial charge >= 0.3 is 0 Å². The van der Waals surface area contributed by atoms with Crippen molar-refractivity contribution in [3.8, 4) is 0 Å². The van der Waals surface area contributed by atoms with E-state index in [1.54, 1.807) is 6.20 Å². The molecule has 0 atom stereocenters. The summed E-state index contributed by atoms with van der Waals surface area (Å²) in [7, 11) is 0. The number of halogens is 1. The quantitative estimate of drug-likeness (QED) is 0.634. The van der Waals surface area contributed by atoms with Crippen molar-refractivity contribution in [1.29, 1.82) is 0 Å². The van der Waals surface area contributed by atoms with E-state index >= 15 is 0 Å². The van der Waals surface area contributed by atoms with Gasteiger partial charge in [0.05, 0.1) is 11.1 Å². The molecule has 0 spiro atoms. The van der Waals surface area contributed by atoms with E-state index in [1.165, 1.54) is 0 Å². The van der Waals surface area contributed by atoms with E-state index in [2.05, 4.69) is 9.97 Å². The second kappa shape index (κ2) is 2.24. The van der Waals surface area contributed by atoms with Crippen LogP contribution in [0.4, 0.5) is 0 Å². The number of aromatic amines is 1. The van der Waals surface area contributed by atoms with Crippen LogP contribution in [0.5, 0.6) is 0 Å². The average Bonchev–Trinajstić information content (AvgIpc) is 2.30. The largest absolute Gasteiger partial charge is 0.338 e. The van der Waals surface area contributed by atoms with Crippen LogP contribution < -0.4 is 0 Å². The molecule has 0 unspecified atom stereocenters. The zero-order chi connectivity index (χ0) is 7.84. The lowest BCUT2D eigenvalue weighted by molar-refractivity contribution is -0.287. The molecule has 2 rings (SSSR count). The molecule has 2 aromatic rings. The van der Waals surface area contributed by atoms with Crippen LogP contribution in [-0.2, 0) is 0 Å². The first-order valence-electron chi connectivity index (χ1n) is 3.39. The highest BCUT2D eigenvalue weighted by Crippen LogP contribution is 2.19. The maximum atomic E-state index is 5.16. The molecule has 56 valence electrons. The molecule has 0 amide bonds. The van der Waals surface area contributed by atoms with Crippen LogP contribution in [0.2, 0.25) is 5.02 Å². The number of pyridine rings is 1. The van der Waals surface area contributed by atoms with Crippen LogP contribution in [0.25, 0.3) is 11.0 Å². The number of hydrogen-bond acceptors (Lipinski definition) is 1. The van der Waals surface area contributed by atoms with Gasteiger partial charge in [-0.3, -0.25) is 0 Å². The monoisotopic (exact) mass is 167 g/mol. The first-order valence-corrected chi connectivity index (χ1v) is 3.80. The Bertz CT molecular complexity index is 392. The molecule has 2 aromatic heterocycles. The van der Waals surface area contributed by atoms with Gasteiger partial charge in [0.15, 0.2) is 11.6 Å². The lowest BCUT2D eigenvalue weighted by Gasteiger charge is -1.81. The maximum Gasteiger partial charge on any atom is 0.255 e. The third-order valence-corrected chi connectivity index (χ3v) is 2.22. The van der Waals surface area contributed by atoms with E-state index in [0.29, 0.717) is 0 Å². The van der Waals surface area contributed by atoms with Crippen molar-refractivity contribution in [2.45, 2.75) is 6.92 Å². The van der Waals surface area contributed by atoms with Crippen molar-refractivity contribution in [3.05, 3.63) is 29.0 Å². The van der Waals surface area contributed by atoms with Gasteiger partial charge in [0, 0.05) is 6.20 Å². The van der Waals surface area contributed by atoms with E-state index in [4.69, 9.17) is 11.6 Å². The maximum absolute atomic E-state index is 5.16. The number of aromatic nitrogens is 2. The predicted molar refractivity (Wildman–Crippen MR) is 41.4 cm³/mol. The van der Waals surface area contributed by atoms with Crippen molar-refractivity contribution in [3.63, 3.8) is 0 Å².